The van der Waals surface area contributed by atoms with Crippen LogP contribution in [0.5, 0.6) is 0 Å². The molecule has 0 atom stereocenters. The molecule has 5 heteroatoms. The lowest BCUT2D eigenvalue weighted by Crippen LogP contribution is -2.02. The van der Waals surface area contributed by atoms with Crippen molar-refractivity contribution in [2.24, 2.45) is 0 Å². The number of nitrogen functional groups attached to an aromatic ring is 1. The van der Waals surface area contributed by atoms with Crippen LogP contribution in [0, 0.1) is 10.5 Å². The van der Waals surface area contributed by atoms with Gasteiger partial charge < -0.3 is 5.73 Å². The van der Waals surface area contributed by atoms with Gasteiger partial charge in [0.2, 0.25) is 0 Å². The van der Waals surface area contributed by atoms with Crippen LogP contribution in [0.25, 0.3) is 5.69 Å². The standard InChI is InChI=1S/C9H9IN4/c1-6-8(10)9(11)14(13-6)7-3-2-4-12-5-7/h2-5H,11H2,1H3. The van der Waals surface area contributed by atoms with Crippen molar-refractivity contribution in [2.45, 2.75) is 6.92 Å². The second-order valence-electron chi connectivity index (χ2n) is 2.91. The van der Waals surface area contributed by atoms with Gasteiger partial charge in [-0.25, -0.2) is 4.68 Å². The lowest BCUT2D eigenvalue weighted by Gasteiger charge is -2.01. The summed E-state index contributed by atoms with van der Waals surface area (Å²) in [4.78, 5) is 4.02. The van der Waals surface area contributed by atoms with Gasteiger partial charge in [0.1, 0.15) is 5.82 Å². The van der Waals surface area contributed by atoms with Crippen LogP contribution in [0.3, 0.4) is 0 Å². The number of nitrogens with two attached hydrogens (primary N) is 1. The predicted molar refractivity (Wildman–Crippen MR) is 63.2 cm³/mol. The number of pyridine rings is 1. The Morgan fingerprint density at radius 2 is 2.29 bits per heavy atom. The monoisotopic (exact) mass is 300 g/mol. The van der Waals surface area contributed by atoms with Gasteiger partial charge in [-0.1, -0.05) is 0 Å². The van der Waals surface area contributed by atoms with Gasteiger partial charge in [0.25, 0.3) is 0 Å². The summed E-state index contributed by atoms with van der Waals surface area (Å²) in [5, 5.41) is 4.32. The molecular weight excluding hydrogens is 291 g/mol. The van der Waals surface area contributed by atoms with Crippen molar-refractivity contribution in [3.05, 3.63) is 33.8 Å². The SMILES string of the molecule is Cc1nn(-c2cccnc2)c(N)c1I. The average molecular weight is 300 g/mol. The molecule has 2 heterocycles. The van der Waals surface area contributed by atoms with E-state index in [9.17, 15) is 0 Å². The number of hydrogen-bond donors (Lipinski definition) is 1. The molecule has 0 radical (unpaired) electrons. The van der Waals surface area contributed by atoms with Crippen LogP contribution in [0.1, 0.15) is 5.69 Å². The van der Waals surface area contributed by atoms with Crippen molar-refractivity contribution < 1.29 is 0 Å². The van der Waals surface area contributed by atoms with Gasteiger partial charge >= 0.3 is 0 Å². The second-order valence-corrected chi connectivity index (χ2v) is 3.99. The van der Waals surface area contributed by atoms with Crippen molar-refractivity contribution >= 4 is 28.4 Å². The normalized spacial score (nSPS) is 10.4. The predicted octanol–water partition coefficient (Wildman–Crippen LogP) is 1.76. The molecule has 2 aromatic heterocycles. The van der Waals surface area contributed by atoms with Gasteiger partial charge in [0.05, 0.1) is 21.1 Å². The molecule has 0 aliphatic carbocycles. The minimum absolute atomic E-state index is 0.663. The summed E-state index contributed by atoms with van der Waals surface area (Å²) >= 11 is 2.19. The van der Waals surface area contributed by atoms with Gasteiger partial charge in [-0.05, 0) is 41.6 Å². The van der Waals surface area contributed by atoms with Crippen molar-refractivity contribution in [3.8, 4) is 5.69 Å². The zero-order chi connectivity index (χ0) is 10.1. The third-order valence-corrected chi connectivity index (χ3v) is 3.24. The van der Waals surface area contributed by atoms with E-state index in [-0.39, 0.29) is 0 Å². The number of halogens is 1. The Kier molecular flexibility index (Phi) is 2.40. The van der Waals surface area contributed by atoms with Gasteiger partial charge in [-0.15, -0.1) is 0 Å². The van der Waals surface area contributed by atoms with Crippen LogP contribution >= 0.6 is 22.6 Å². The quantitative estimate of drug-likeness (QED) is 0.817. The molecule has 0 fully saturated rings. The fraction of sp³-hybridized carbons (Fsp3) is 0.111. The number of anilines is 1. The number of nitrogens with zero attached hydrogens (tertiary/aromatic N) is 3. The fourth-order valence-corrected chi connectivity index (χ4v) is 1.54. The summed E-state index contributed by atoms with van der Waals surface area (Å²) in [6.45, 7) is 1.94. The van der Waals surface area contributed by atoms with Crippen LogP contribution in [0.2, 0.25) is 0 Å². The lowest BCUT2D eigenvalue weighted by atomic mass is 10.4. The number of aryl methyl sites for hydroxylation is 1. The maximum absolute atomic E-state index is 5.90. The van der Waals surface area contributed by atoms with Crippen molar-refractivity contribution in [1.29, 1.82) is 0 Å². The van der Waals surface area contributed by atoms with Crippen LogP contribution in [0.4, 0.5) is 5.82 Å². The maximum atomic E-state index is 5.90. The van der Waals surface area contributed by atoms with E-state index >= 15 is 0 Å². The van der Waals surface area contributed by atoms with Gasteiger partial charge in [0.15, 0.2) is 0 Å². The van der Waals surface area contributed by atoms with Crippen LogP contribution < -0.4 is 5.73 Å². The first-order valence-corrected chi connectivity index (χ1v) is 5.19. The molecule has 0 saturated carbocycles. The molecule has 0 aliphatic heterocycles. The molecule has 72 valence electrons. The minimum Gasteiger partial charge on any atom is -0.383 e. The fourth-order valence-electron chi connectivity index (χ4n) is 1.20. The molecule has 0 spiro atoms. The van der Waals surface area contributed by atoms with E-state index in [1.54, 1.807) is 17.1 Å². The van der Waals surface area contributed by atoms with E-state index < -0.39 is 0 Å². The Morgan fingerprint density at radius 3 is 2.79 bits per heavy atom. The molecule has 2 N–H and O–H groups in total. The van der Waals surface area contributed by atoms with E-state index in [0.29, 0.717) is 5.82 Å². The average Bonchev–Trinajstić information content (AvgIpc) is 2.47. The first-order chi connectivity index (χ1) is 6.70. The molecule has 2 aromatic rings. The summed E-state index contributed by atoms with van der Waals surface area (Å²) in [5.41, 5.74) is 7.72. The summed E-state index contributed by atoms with van der Waals surface area (Å²) in [6.07, 6.45) is 3.46. The Labute approximate surface area is 95.3 Å². The van der Waals surface area contributed by atoms with Crippen LogP contribution in [-0.2, 0) is 0 Å². The van der Waals surface area contributed by atoms with E-state index in [4.69, 9.17) is 5.73 Å². The molecule has 0 aliphatic rings. The van der Waals surface area contributed by atoms with Crippen LogP contribution in [0.15, 0.2) is 24.5 Å². The van der Waals surface area contributed by atoms with Gasteiger partial charge in [-0.2, -0.15) is 5.10 Å². The zero-order valence-electron chi connectivity index (χ0n) is 7.61. The second kappa shape index (κ2) is 3.56. The molecule has 0 unspecified atom stereocenters. The molecule has 14 heavy (non-hydrogen) atoms. The molecular formula is C9H9IN4. The van der Waals surface area contributed by atoms with E-state index in [1.165, 1.54) is 0 Å². The zero-order valence-corrected chi connectivity index (χ0v) is 9.76. The molecule has 0 saturated heterocycles. The largest absolute Gasteiger partial charge is 0.383 e. The van der Waals surface area contributed by atoms with Gasteiger partial charge in [0, 0.05) is 6.20 Å². The first kappa shape index (κ1) is 9.45. The van der Waals surface area contributed by atoms with E-state index in [1.807, 2.05) is 19.1 Å². The highest BCUT2D eigenvalue weighted by molar-refractivity contribution is 14.1. The van der Waals surface area contributed by atoms with Crippen molar-refractivity contribution in [1.82, 2.24) is 14.8 Å². The highest BCUT2D eigenvalue weighted by atomic mass is 127. The summed E-state index contributed by atoms with van der Waals surface area (Å²) in [6, 6.07) is 3.78. The lowest BCUT2D eigenvalue weighted by molar-refractivity contribution is 0.866. The highest BCUT2D eigenvalue weighted by Gasteiger charge is 2.10. The summed E-state index contributed by atoms with van der Waals surface area (Å²) in [7, 11) is 0. The first-order valence-electron chi connectivity index (χ1n) is 4.11. The number of hydrogen-bond acceptors (Lipinski definition) is 3. The molecule has 0 amide bonds. The summed E-state index contributed by atoms with van der Waals surface area (Å²) < 4.78 is 2.69. The molecule has 2 rings (SSSR count). The molecule has 0 bridgehead atoms. The van der Waals surface area contributed by atoms with E-state index in [0.717, 1.165) is 15.0 Å². The summed E-state index contributed by atoms with van der Waals surface area (Å²) in [5.74, 6) is 0.663. The topological polar surface area (TPSA) is 56.7 Å². The molecule has 0 aromatic carbocycles. The number of rotatable bonds is 1. The molecule has 4 nitrogen and oxygen atoms in total. The Hall–Kier alpha value is -1.11. The third kappa shape index (κ3) is 1.47. The Morgan fingerprint density at radius 1 is 1.50 bits per heavy atom. The van der Waals surface area contributed by atoms with Crippen molar-refractivity contribution in [2.75, 3.05) is 5.73 Å². The number of aromatic nitrogens is 3. The van der Waals surface area contributed by atoms with Gasteiger partial charge in [-0.3, -0.25) is 4.98 Å². The highest BCUT2D eigenvalue weighted by Crippen LogP contribution is 2.21. The minimum atomic E-state index is 0.663. The van der Waals surface area contributed by atoms with Crippen molar-refractivity contribution in [3.63, 3.8) is 0 Å². The Bertz CT molecular complexity index is 449. The third-order valence-electron chi connectivity index (χ3n) is 1.91. The maximum Gasteiger partial charge on any atom is 0.141 e. The van der Waals surface area contributed by atoms with E-state index in [2.05, 4.69) is 32.7 Å². The van der Waals surface area contributed by atoms with Crippen LogP contribution in [-0.4, -0.2) is 14.8 Å². The Balaban J connectivity index is 2.58. The smallest absolute Gasteiger partial charge is 0.141 e.